The molecule has 2 aliphatic heterocycles. The van der Waals surface area contributed by atoms with E-state index < -0.39 is 5.97 Å². The molecule has 3 rings (SSSR count). The molecule has 1 fully saturated rings. The lowest BCUT2D eigenvalue weighted by Gasteiger charge is -2.31. The zero-order valence-electron chi connectivity index (χ0n) is 13.5. The Labute approximate surface area is 140 Å². The Morgan fingerprint density at radius 2 is 1.92 bits per heavy atom. The zero-order valence-corrected chi connectivity index (χ0v) is 13.5. The molecule has 2 aliphatic rings. The highest BCUT2D eigenvalue weighted by molar-refractivity contribution is 5.96. The highest BCUT2D eigenvalue weighted by Gasteiger charge is 2.29. The molecule has 2 amide bonds. The molecule has 1 aromatic rings. The van der Waals surface area contributed by atoms with Gasteiger partial charge in [-0.25, -0.2) is 0 Å². The van der Waals surface area contributed by atoms with E-state index in [0.717, 1.165) is 11.3 Å². The van der Waals surface area contributed by atoms with Crippen LogP contribution < -0.4 is 5.32 Å². The summed E-state index contributed by atoms with van der Waals surface area (Å²) in [5.41, 5.74) is 1.97. The van der Waals surface area contributed by atoms with Gasteiger partial charge in [-0.2, -0.15) is 0 Å². The van der Waals surface area contributed by atoms with Gasteiger partial charge >= 0.3 is 5.97 Å². The molecule has 0 aromatic heterocycles. The summed E-state index contributed by atoms with van der Waals surface area (Å²) >= 11 is 0. The maximum Gasteiger partial charge on any atom is 0.306 e. The molecule has 0 bridgehead atoms. The van der Waals surface area contributed by atoms with Crippen molar-refractivity contribution in [2.45, 2.75) is 32.1 Å². The number of aliphatic carboxylic acids is 1. The highest BCUT2D eigenvalue weighted by Crippen LogP contribution is 2.28. The summed E-state index contributed by atoms with van der Waals surface area (Å²) in [6.45, 7) is 0.991. The number of likely N-dealkylation sites (tertiary alicyclic amines) is 1. The van der Waals surface area contributed by atoms with E-state index in [1.807, 2.05) is 24.3 Å². The summed E-state index contributed by atoms with van der Waals surface area (Å²) < 4.78 is 0. The number of nitrogens with one attached hydrogen (secondary N) is 1. The van der Waals surface area contributed by atoms with E-state index in [1.54, 1.807) is 4.90 Å². The maximum absolute atomic E-state index is 12.3. The van der Waals surface area contributed by atoms with Crippen LogP contribution in [0.1, 0.15) is 31.2 Å². The van der Waals surface area contributed by atoms with Gasteiger partial charge in [0.05, 0.1) is 5.92 Å². The van der Waals surface area contributed by atoms with Crippen molar-refractivity contribution in [3.05, 3.63) is 29.8 Å². The van der Waals surface area contributed by atoms with E-state index in [1.165, 1.54) is 0 Å². The summed E-state index contributed by atoms with van der Waals surface area (Å²) in [5.74, 6) is -1.30. The normalized spacial score (nSPS) is 21.1. The highest BCUT2D eigenvalue weighted by atomic mass is 16.4. The van der Waals surface area contributed by atoms with Gasteiger partial charge in [0.25, 0.3) is 0 Å². The van der Waals surface area contributed by atoms with Crippen molar-refractivity contribution in [1.29, 1.82) is 0 Å². The monoisotopic (exact) mass is 330 g/mol. The number of carbonyl (C=O) groups excluding carboxylic acids is 2. The van der Waals surface area contributed by atoms with E-state index in [2.05, 4.69) is 5.32 Å². The Morgan fingerprint density at radius 1 is 1.21 bits per heavy atom. The second-order valence-corrected chi connectivity index (χ2v) is 6.58. The standard InChI is InChI=1S/C18H22N2O4/c21-16(20-9-7-12(8-10-20)18(23)24)6-5-14-11-13-3-1-2-4-15(13)19-17(14)22/h1-4,12,14H,5-11H2,(H,19,22)(H,23,24). The summed E-state index contributed by atoms with van der Waals surface area (Å²) in [6.07, 6.45) is 2.54. The molecular weight excluding hydrogens is 308 g/mol. The smallest absolute Gasteiger partial charge is 0.306 e. The first-order chi connectivity index (χ1) is 11.5. The SMILES string of the molecule is O=C(O)C1CCN(C(=O)CCC2Cc3ccccc3NC2=O)CC1. The molecule has 0 radical (unpaired) electrons. The van der Waals surface area contributed by atoms with Crippen LogP contribution in [0.4, 0.5) is 5.69 Å². The Balaban J connectivity index is 1.50. The number of hydrogen-bond donors (Lipinski definition) is 2. The number of rotatable bonds is 4. The molecule has 24 heavy (non-hydrogen) atoms. The van der Waals surface area contributed by atoms with Crippen molar-refractivity contribution in [1.82, 2.24) is 4.90 Å². The van der Waals surface area contributed by atoms with Crippen molar-refractivity contribution >= 4 is 23.5 Å². The fourth-order valence-electron chi connectivity index (χ4n) is 3.48. The first-order valence-corrected chi connectivity index (χ1v) is 8.44. The van der Waals surface area contributed by atoms with Gasteiger partial charge in [-0.1, -0.05) is 18.2 Å². The van der Waals surface area contributed by atoms with Crippen molar-refractivity contribution in [3.8, 4) is 0 Å². The van der Waals surface area contributed by atoms with Gasteiger partial charge in [-0.15, -0.1) is 0 Å². The topological polar surface area (TPSA) is 86.7 Å². The number of hydrogen-bond acceptors (Lipinski definition) is 3. The van der Waals surface area contributed by atoms with Gasteiger partial charge in [-0.05, 0) is 37.3 Å². The number of fused-ring (bicyclic) bond motifs is 1. The summed E-state index contributed by atoms with van der Waals surface area (Å²) in [6, 6.07) is 7.73. The molecule has 1 unspecified atom stereocenters. The summed E-state index contributed by atoms with van der Waals surface area (Å²) in [7, 11) is 0. The molecule has 2 N–H and O–H groups in total. The van der Waals surface area contributed by atoms with Crippen LogP contribution in [0.3, 0.4) is 0 Å². The lowest BCUT2D eigenvalue weighted by atomic mass is 9.89. The molecule has 2 heterocycles. The van der Waals surface area contributed by atoms with Crippen LogP contribution >= 0.6 is 0 Å². The van der Waals surface area contributed by atoms with Gasteiger partial charge in [0.15, 0.2) is 0 Å². The Kier molecular flexibility index (Phi) is 4.83. The Hall–Kier alpha value is -2.37. The zero-order chi connectivity index (χ0) is 17.1. The molecule has 1 atom stereocenters. The third kappa shape index (κ3) is 3.58. The van der Waals surface area contributed by atoms with Crippen LogP contribution in [-0.2, 0) is 20.8 Å². The van der Waals surface area contributed by atoms with Crippen molar-refractivity contribution in [3.63, 3.8) is 0 Å². The van der Waals surface area contributed by atoms with Gasteiger partial charge in [0.2, 0.25) is 11.8 Å². The van der Waals surface area contributed by atoms with Crippen LogP contribution in [0, 0.1) is 11.8 Å². The molecule has 0 spiro atoms. The first-order valence-electron chi connectivity index (χ1n) is 8.44. The van der Waals surface area contributed by atoms with E-state index in [9.17, 15) is 14.4 Å². The van der Waals surface area contributed by atoms with Crippen LogP contribution in [-0.4, -0.2) is 40.9 Å². The van der Waals surface area contributed by atoms with E-state index in [4.69, 9.17) is 5.11 Å². The van der Waals surface area contributed by atoms with Crippen molar-refractivity contribution < 1.29 is 19.5 Å². The minimum atomic E-state index is -0.778. The number of benzene rings is 1. The average molecular weight is 330 g/mol. The second kappa shape index (κ2) is 7.03. The second-order valence-electron chi connectivity index (χ2n) is 6.58. The first kappa shape index (κ1) is 16.5. The van der Waals surface area contributed by atoms with Crippen molar-refractivity contribution in [2.75, 3.05) is 18.4 Å². The van der Waals surface area contributed by atoms with Gasteiger partial charge in [0, 0.05) is 31.1 Å². The number of amides is 2. The predicted octanol–water partition coefficient (Wildman–Crippen LogP) is 1.90. The number of carboxylic acid groups (broad SMARTS) is 1. The van der Waals surface area contributed by atoms with E-state index in [-0.39, 0.29) is 23.7 Å². The molecule has 6 nitrogen and oxygen atoms in total. The third-order valence-electron chi connectivity index (χ3n) is 5.02. The molecule has 1 saturated heterocycles. The van der Waals surface area contributed by atoms with Gasteiger partial charge in [-0.3, -0.25) is 14.4 Å². The molecule has 1 aromatic carbocycles. The number of anilines is 1. The number of carbonyl (C=O) groups is 3. The number of carboxylic acids is 1. The van der Waals surface area contributed by atoms with Gasteiger partial charge < -0.3 is 15.3 Å². The van der Waals surface area contributed by atoms with Crippen LogP contribution in [0.5, 0.6) is 0 Å². The predicted molar refractivity (Wildman–Crippen MR) is 88.4 cm³/mol. The van der Waals surface area contributed by atoms with E-state index in [0.29, 0.717) is 45.2 Å². The Morgan fingerprint density at radius 3 is 2.62 bits per heavy atom. The van der Waals surface area contributed by atoms with Crippen LogP contribution in [0.2, 0.25) is 0 Å². The van der Waals surface area contributed by atoms with Crippen LogP contribution in [0.25, 0.3) is 0 Å². The number of para-hydroxylation sites is 1. The lowest BCUT2D eigenvalue weighted by molar-refractivity contribution is -0.145. The fraction of sp³-hybridized carbons (Fsp3) is 0.500. The molecular formula is C18H22N2O4. The lowest BCUT2D eigenvalue weighted by Crippen LogP contribution is -2.40. The maximum atomic E-state index is 12.3. The average Bonchev–Trinajstić information content (AvgIpc) is 2.59. The van der Waals surface area contributed by atoms with Crippen LogP contribution in [0.15, 0.2) is 24.3 Å². The quantitative estimate of drug-likeness (QED) is 0.883. The molecule has 128 valence electrons. The minimum Gasteiger partial charge on any atom is -0.481 e. The number of piperidine rings is 1. The molecule has 0 aliphatic carbocycles. The van der Waals surface area contributed by atoms with Gasteiger partial charge in [0.1, 0.15) is 0 Å². The largest absolute Gasteiger partial charge is 0.481 e. The fourth-order valence-corrected chi connectivity index (χ4v) is 3.48. The minimum absolute atomic E-state index is 0.0190. The Bertz CT molecular complexity index is 650. The summed E-state index contributed by atoms with van der Waals surface area (Å²) in [5, 5.41) is 11.9. The summed E-state index contributed by atoms with van der Waals surface area (Å²) in [4.78, 5) is 37.2. The number of nitrogens with zero attached hydrogens (tertiary/aromatic N) is 1. The molecule has 6 heteroatoms. The molecule has 0 saturated carbocycles. The van der Waals surface area contributed by atoms with Crippen molar-refractivity contribution in [2.24, 2.45) is 11.8 Å². The van der Waals surface area contributed by atoms with E-state index >= 15 is 0 Å². The third-order valence-corrected chi connectivity index (χ3v) is 5.02.